The molecule has 0 amide bonds. The molecule has 1 aromatic rings. The van der Waals surface area contributed by atoms with Gasteiger partial charge in [0, 0.05) is 19.6 Å². The van der Waals surface area contributed by atoms with E-state index in [1.807, 2.05) is 0 Å². The zero-order valence-corrected chi connectivity index (χ0v) is 11.4. The zero-order chi connectivity index (χ0) is 15.0. The van der Waals surface area contributed by atoms with Crippen molar-refractivity contribution < 1.29 is 21.6 Å². The molecule has 0 radical (unpaired) electrons. The zero-order valence-electron chi connectivity index (χ0n) is 10.6. The Bertz CT molecular complexity index is 587. The van der Waals surface area contributed by atoms with E-state index in [1.165, 1.54) is 16.4 Å². The molecule has 2 rings (SSSR count). The monoisotopic (exact) mass is 308 g/mol. The molecule has 1 fully saturated rings. The van der Waals surface area contributed by atoms with E-state index in [-0.39, 0.29) is 13.1 Å². The molecule has 1 aromatic carbocycles. The number of rotatable bonds is 3. The Morgan fingerprint density at radius 1 is 1.35 bits per heavy atom. The number of sulfonamides is 1. The Kier molecular flexibility index (Phi) is 4.08. The summed E-state index contributed by atoms with van der Waals surface area (Å²) in [7, 11) is -3.50. The van der Waals surface area contributed by atoms with Crippen molar-refractivity contribution in [3.63, 3.8) is 0 Å². The lowest BCUT2D eigenvalue weighted by Crippen LogP contribution is -2.32. The maximum atomic E-state index is 12.6. The van der Waals surface area contributed by atoms with Gasteiger partial charge in [-0.05, 0) is 18.1 Å². The van der Waals surface area contributed by atoms with Gasteiger partial charge in [0.05, 0.1) is 10.8 Å². The molecule has 0 saturated carbocycles. The van der Waals surface area contributed by atoms with Crippen LogP contribution in [0.15, 0.2) is 24.3 Å². The smallest absolute Gasteiger partial charge is 0.329 e. The van der Waals surface area contributed by atoms with Crippen LogP contribution < -0.4 is 5.73 Å². The normalized spacial score (nSPS) is 23.1. The fourth-order valence-corrected chi connectivity index (χ4v) is 3.99. The van der Waals surface area contributed by atoms with Crippen LogP contribution in [0.2, 0.25) is 0 Å². The average molecular weight is 308 g/mol. The number of halogens is 3. The number of hydrogen-bond donors (Lipinski definition) is 1. The van der Waals surface area contributed by atoms with Crippen LogP contribution >= 0.6 is 0 Å². The van der Waals surface area contributed by atoms with Crippen LogP contribution in [0, 0.1) is 0 Å². The van der Waals surface area contributed by atoms with Gasteiger partial charge in [-0.3, -0.25) is 0 Å². The minimum atomic E-state index is -4.43. The molecule has 20 heavy (non-hydrogen) atoms. The van der Waals surface area contributed by atoms with Gasteiger partial charge in [-0.15, -0.1) is 0 Å². The summed E-state index contributed by atoms with van der Waals surface area (Å²) in [6, 6.07) is 4.71. The van der Waals surface area contributed by atoms with Gasteiger partial charge in [0.25, 0.3) is 0 Å². The molecule has 2 N–H and O–H groups in total. The molecule has 0 unspecified atom stereocenters. The van der Waals surface area contributed by atoms with Gasteiger partial charge < -0.3 is 5.73 Å². The molecule has 0 aromatic heterocycles. The summed E-state index contributed by atoms with van der Waals surface area (Å²) in [5, 5.41) is -0.631. The van der Waals surface area contributed by atoms with Gasteiger partial charge in [0.15, 0.2) is 0 Å². The first-order valence-electron chi connectivity index (χ1n) is 6.10. The lowest BCUT2D eigenvalue weighted by molar-refractivity contribution is -0.137. The van der Waals surface area contributed by atoms with Crippen LogP contribution in [-0.4, -0.2) is 31.1 Å². The highest BCUT2D eigenvalue weighted by Gasteiger charge is 2.38. The van der Waals surface area contributed by atoms with Crippen molar-refractivity contribution in [3.8, 4) is 0 Å². The first kappa shape index (κ1) is 15.3. The summed E-state index contributed by atoms with van der Waals surface area (Å²) in [5.74, 6) is 0. The van der Waals surface area contributed by atoms with Gasteiger partial charge in [-0.2, -0.15) is 17.5 Å². The minimum absolute atomic E-state index is 0.0292. The van der Waals surface area contributed by atoms with Crippen molar-refractivity contribution in [2.24, 2.45) is 5.73 Å². The van der Waals surface area contributed by atoms with Crippen molar-refractivity contribution in [1.82, 2.24) is 4.31 Å². The van der Waals surface area contributed by atoms with Crippen LogP contribution in [-0.2, 0) is 22.7 Å². The molecule has 1 aliphatic heterocycles. The SMILES string of the molecule is NC[C@H]1CCN(Cc2cccc(C(F)(F)F)c2)S1(=O)=O. The van der Waals surface area contributed by atoms with E-state index in [4.69, 9.17) is 5.73 Å². The Hall–Kier alpha value is -1.12. The first-order valence-corrected chi connectivity index (χ1v) is 7.60. The van der Waals surface area contributed by atoms with Crippen LogP contribution in [0.4, 0.5) is 13.2 Å². The van der Waals surface area contributed by atoms with E-state index in [0.29, 0.717) is 18.5 Å². The highest BCUT2D eigenvalue weighted by molar-refractivity contribution is 7.90. The van der Waals surface area contributed by atoms with E-state index in [2.05, 4.69) is 0 Å². The first-order chi connectivity index (χ1) is 9.25. The summed E-state index contributed by atoms with van der Waals surface area (Å²) in [4.78, 5) is 0. The lowest BCUT2D eigenvalue weighted by atomic mass is 10.1. The lowest BCUT2D eigenvalue weighted by Gasteiger charge is -2.17. The van der Waals surface area contributed by atoms with Gasteiger partial charge in [0.1, 0.15) is 0 Å². The average Bonchev–Trinajstić information content (AvgIpc) is 2.64. The predicted octanol–water partition coefficient (Wildman–Crippen LogP) is 1.57. The quantitative estimate of drug-likeness (QED) is 0.922. The van der Waals surface area contributed by atoms with Gasteiger partial charge >= 0.3 is 6.18 Å². The standard InChI is InChI=1S/C12H15F3N2O2S/c13-12(14,15)10-3-1-2-9(6-10)8-17-5-4-11(7-16)20(17,18)19/h1-3,6,11H,4-5,7-8,16H2/t11-/m1/s1. The third kappa shape index (κ3) is 2.97. The van der Waals surface area contributed by atoms with Crippen molar-refractivity contribution in [2.45, 2.75) is 24.4 Å². The van der Waals surface area contributed by atoms with E-state index in [9.17, 15) is 21.6 Å². The van der Waals surface area contributed by atoms with E-state index < -0.39 is 27.0 Å². The van der Waals surface area contributed by atoms with Gasteiger partial charge in [0.2, 0.25) is 10.0 Å². The predicted molar refractivity (Wildman–Crippen MR) is 68.2 cm³/mol. The van der Waals surface area contributed by atoms with E-state index >= 15 is 0 Å². The van der Waals surface area contributed by atoms with Gasteiger partial charge in [-0.25, -0.2) is 8.42 Å². The van der Waals surface area contributed by atoms with Crippen LogP contribution in [0.3, 0.4) is 0 Å². The Balaban J connectivity index is 2.20. The third-order valence-corrected chi connectivity index (χ3v) is 5.66. The van der Waals surface area contributed by atoms with E-state index in [0.717, 1.165) is 12.1 Å². The molecule has 1 atom stereocenters. The molecule has 1 saturated heterocycles. The summed E-state index contributed by atoms with van der Waals surface area (Å²) < 4.78 is 63.1. The molecule has 1 aliphatic rings. The maximum absolute atomic E-state index is 12.6. The summed E-state index contributed by atoms with van der Waals surface area (Å²) >= 11 is 0. The fraction of sp³-hybridized carbons (Fsp3) is 0.500. The maximum Gasteiger partial charge on any atom is 0.416 e. The number of benzene rings is 1. The Labute approximate surface area is 115 Å². The molecule has 1 heterocycles. The largest absolute Gasteiger partial charge is 0.416 e. The number of nitrogens with two attached hydrogens (primary N) is 1. The molecule has 4 nitrogen and oxygen atoms in total. The molecule has 0 aliphatic carbocycles. The molecular weight excluding hydrogens is 293 g/mol. The molecule has 8 heteroatoms. The minimum Gasteiger partial charge on any atom is -0.329 e. The fourth-order valence-electron chi connectivity index (χ4n) is 2.23. The number of hydrogen-bond acceptors (Lipinski definition) is 3. The van der Waals surface area contributed by atoms with Crippen LogP contribution in [0.5, 0.6) is 0 Å². The Morgan fingerprint density at radius 3 is 2.60 bits per heavy atom. The second-order valence-corrected chi connectivity index (χ2v) is 6.94. The molecular formula is C12H15F3N2O2S. The molecule has 112 valence electrons. The van der Waals surface area contributed by atoms with Crippen LogP contribution in [0.25, 0.3) is 0 Å². The summed E-state index contributed by atoms with van der Waals surface area (Å²) in [6.07, 6.45) is -4.02. The number of alkyl halides is 3. The van der Waals surface area contributed by atoms with Crippen molar-refractivity contribution in [3.05, 3.63) is 35.4 Å². The third-order valence-electron chi connectivity index (χ3n) is 3.36. The van der Waals surface area contributed by atoms with Crippen molar-refractivity contribution >= 4 is 10.0 Å². The highest BCUT2D eigenvalue weighted by Crippen LogP contribution is 2.30. The summed E-state index contributed by atoms with van der Waals surface area (Å²) in [6.45, 7) is 0.268. The highest BCUT2D eigenvalue weighted by atomic mass is 32.2. The second kappa shape index (κ2) is 5.34. The summed E-state index contributed by atoms with van der Waals surface area (Å²) in [5.41, 5.74) is 4.94. The van der Waals surface area contributed by atoms with Crippen LogP contribution in [0.1, 0.15) is 17.5 Å². The van der Waals surface area contributed by atoms with Gasteiger partial charge in [-0.1, -0.05) is 18.2 Å². The topological polar surface area (TPSA) is 63.4 Å². The van der Waals surface area contributed by atoms with E-state index in [1.54, 1.807) is 0 Å². The van der Waals surface area contributed by atoms with Crippen molar-refractivity contribution in [2.75, 3.05) is 13.1 Å². The molecule has 0 bridgehead atoms. The van der Waals surface area contributed by atoms with Crippen molar-refractivity contribution in [1.29, 1.82) is 0 Å². The molecule has 0 spiro atoms. The number of nitrogens with zero attached hydrogens (tertiary/aromatic N) is 1. The Morgan fingerprint density at radius 2 is 2.05 bits per heavy atom. The second-order valence-electron chi connectivity index (χ2n) is 4.72.